The number of hydrogen-bond donors (Lipinski definition) is 0. The normalized spacial score (nSPS) is 19.4. The summed E-state index contributed by atoms with van der Waals surface area (Å²) in [6.07, 6.45) is 0. The zero-order valence-corrected chi connectivity index (χ0v) is 6.05. The van der Waals surface area contributed by atoms with Crippen LogP contribution in [-0.4, -0.2) is 28.6 Å². The molecule has 8 heavy (non-hydrogen) atoms. The Balaban J connectivity index is 2.72. The lowest BCUT2D eigenvalue weighted by molar-refractivity contribution is 0.803. The second-order valence-electron chi connectivity index (χ2n) is 1.55. The molecule has 44 valence electrons. The molecule has 0 atom stereocenters. The van der Waals surface area contributed by atoms with Crippen molar-refractivity contribution in [3.63, 3.8) is 0 Å². The van der Waals surface area contributed by atoms with Gasteiger partial charge < -0.3 is 17.5 Å². The van der Waals surface area contributed by atoms with Crippen molar-refractivity contribution in [2.45, 2.75) is 0 Å². The van der Waals surface area contributed by atoms with Gasteiger partial charge >= 0.3 is 0 Å². The molecule has 1 aliphatic rings. The monoisotopic (exact) mass is 145 g/mol. The van der Waals surface area contributed by atoms with E-state index in [1.807, 2.05) is 7.05 Å². The standard InChI is InChI=1S/C4H6N2S2/c1-6-3(7)2-5-4(6)8/h2H2,1H3,(H,5,8)/p-1. The van der Waals surface area contributed by atoms with Crippen LogP contribution in [0, 0.1) is 0 Å². The van der Waals surface area contributed by atoms with Crippen molar-refractivity contribution in [1.29, 1.82) is 0 Å². The Hall–Kier alpha value is -0.220. The fourth-order valence-electron chi connectivity index (χ4n) is 0.454. The molecule has 0 aliphatic carbocycles. The Morgan fingerprint density at radius 2 is 2.50 bits per heavy atom. The summed E-state index contributed by atoms with van der Waals surface area (Å²) >= 11 is 9.65. The smallest absolute Gasteiger partial charge is 0.103 e. The first-order valence-corrected chi connectivity index (χ1v) is 3.01. The van der Waals surface area contributed by atoms with Gasteiger partial charge in [0.2, 0.25) is 0 Å². The molecule has 0 fully saturated rings. The van der Waals surface area contributed by atoms with Crippen LogP contribution < -0.4 is 0 Å². The Morgan fingerprint density at radius 3 is 2.62 bits per heavy atom. The molecule has 4 heteroatoms. The molecule has 0 amide bonds. The van der Waals surface area contributed by atoms with Crippen molar-refractivity contribution < 1.29 is 0 Å². The summed E-state index contributed by atoms with van der Waals surface area (Å²) in [5.74, 6) is 0. The first-order chi connectivity index (χ1) is 3.72. The summed E-state index contributed by atoms with van der Waals surface area (Å²) in [5.41, 5.74) is 0. The molecule has 0 unspecified atom stereocenters. The van der Waals surface area contributed by atoms with Crippen molar-refractivity contribution in [2.24, 2.45) is 4.99 Å². The molecule has 0 aromatic carbocycles. The topological polar surface area (TPSA) is 15.6 Å². The van der Waals surface area contributed by atoms with Crippen LogP contribution >= 0.6 is 12.2 Å². The Bertz CT molecular complexity index is 152. The van der Waals surface area contributed by atoms with Crippen LogP contribution in [0.1, 0.15) is 0 Å². The minimum absolute atomic E-state index is 0.602. The summed E-state index contributed by atoms with van der Waals surface area (Å²) in [6, 6.07) is 0. The highest BCUT2D eigenvalue weighted by atomic mass is 32.1. The highest BCUT2D eigenvalue weighted by molar-refractivity contribution is 7.81. The second kappa shape index (κ2) is 1.95. The van der Waals surface area contributed by atoms with E-state index in [1.54, 1.807) is 4.90 Å². The van der Waals surface area contributed by atoms with Gasteiger partial charge in [0.25, 0.3) is 0 Å². The average molecular weight is 145 g/mol. The SMILES string of the molecule is CN1C(=S)CN=C1[S-]. The first-order valence-electron chi connectivity index (χ1n) is 2.20. The number of hydrogen-bond acceptors (Lipinski definition) is 3. The van der Waals surface area contributed by atoms with Crippen molar-refractivity contribution in [1.82, 2.24) is 4.90 Å². The third-order valence-corrected chi connectivity index (χ3v) is 1.82. The molecule has 0 N–H and O–H groups in total. The second-order valence-corrected chi connectivity index (χ2v) is 2.39. The predicted octanol–water partition coefficient (Wildman–Crippen LogP) is 0.162. The van der Waals surface area contributed by atoms with Crippen LogP contribution in [-0.2, 0) is 12.6 Å². The van der Waals surface area contributed by atoms with Gasteiger partial charge in [-0.05, 0) is 5.17 Å². The maximum Gasteiger partial charge on any atom is 0.103 e. The molecule has 1 rings (SSSR count). The van der Waals surface area contributed by atoms with Gasteiger partial charge in [-0.1, -0.05) is 12.2 Å². The fraction of sp³-hybridized carbons (Fsp3) is 0.500. The number of thiocarbonyl (C=S) groups is 1. The third-order valence-electron chi connectivity index (χ3n) is 1.01. The van der Waals surface area contributed by atoms with Crippen molar-refractivity contribution in [2.75, 3.05) is 13.6 Å². The summed E-state index contributed by atoms with van der Waals surface area (Å²) in [6.45, 7) is 0.602. The molecule has 1 heterocycles. The van der Waals surface area contributed by atoms with Gasteiger partial charge in [0.15, 0.2) is 0 Å². The summed E-state index contributed by atoms with van der Waals surface area (Å²) in [7, 11) is 1.83. The molecule has 0 radical (unpaired) electrons. The molecule has 0 bridgehead atoms. The van der Waals surface area contributed by atoms with E-state index < -0.39 is 0 Å². The van der Waals surface area contributed by atoms with Crippen LogP contribution in [0.25, 0.3) is 0 Å². The fourth-order valence-corrected chi connectivity index (χ4v) is 0.838. The number of aliphatic imine (C=N–C) groups is 1. The lowest BCUT2D eigenvalue weighted by Crippen LogP contribution is -2.24. The van der Waals surface area contributed by atoms with Crippen LogP contribution in [0.2, 0.25) is 0 Å². The summed E-state index contributed by atoms with van der Waals surface area (Å²) < 4.78 is 0. The van der Waals surface area contributed by atoms with E-state index in [0.717, 1.165) is 4.99 Å². The largest absolute Gasteiger partial charge is 0.743 e. The van der Waals surface area contributed by atoms with E-state index in [0.29, 0.717) is 11.7 Å². The highest BCUT2D eigenvalue weighted by Gasteiger charge is 2.06. The minimum Gasteiger partial charge on any atom is -0.743 e. The first kappa shape index (κ1) is 5.91. The average Bonchev–Trinajstić information content (AvgIpc) is 1.98. The Morgan fingerprint density at radius 1 is 1.88 bits per heavy atom. The van der Waals surface area contributed by atoms with Gasteiger partial charge in [-0.2, -0.15) is 0 Å². The van der Waals surface area contributed by atoms with Gasteiger partial charge in [0.05, 0.1) is 6.54 Å². The van der Waals surface area contributed by atoms with Gasteiger partial charge in [0, 0.05) is 7.05 Å². The molecule has 0 saturated heterocycles. The predicted molar refractivity (Wildman–Crippen MR) is 40.0 cm³/mol. The molecule has 0 spiro atoms. The molecule has 1 aliphatic heterocycles. The van der Waals surface area contributed by atoms with E-state index in [1.165, 1.54) is 0 Å². The number of amidine groups is 1. The lowest BCUT2D eigenvalue weighted by atomic mass is 10.6. The Labute approximate surface area is 59.0 Å². The number of nitrogens with zero attached hydrogens (tertiary/aromatic N) is 2. The van der Waals surface area contributed by atoms with E-state index in [9.17, 15) is 0 Å². The van der Waals surface area contributed by atoms with Crippen LogP contribution in [0.4, 0.5) is 0 Å². The summed E-state index contributed by atoms with van der Waals surface area (Å²) in [5, 5.41) is 0.606. The minimum atomic E-state index is 0.602. The van der Waals surface area contributed by atoms with Crippen LogP contribution in [0.3, 0.4) is 0 Å². The maximum atomic E-state index is 4.86. The van der Waals surface area contributed by atoms with Crippen molar-refractivity contribution >= 4 is 35.0 Å². The highest BCUT2D eigenvalue weighted by Crippen LogP contribution is 1.99. The quantitative estimate of drug-likeness (QED) is 0.357. The molecule has 0 saturated carbocycles. The van der Waals surface area contributed by atoms with Crippen molar-refractivity contribution in [3.8, 4) is 0 Å². The zero-order chi connectivity index (χ0) is 6.15. The van der Waals surface area contributed by atoms with Gasteiger partial charge in [-0.15, -0.1) is 0 Å². The van der Waals surface area contributed by atoms with E-state index in [4.69, 9.17) is 24.8 Å². The van der Waals surface area contributed by atoms with Crippen molar-refractivity contribution in [3.05, 3.63) is 0 Å². The lowest BCUT2D eigenvalue weighted by Gasteiger charge is -2.17. The number of likely N-dealkylation sites (N-methyl/N-ethyl adjacent to an activating group) is 1. The zero-order valence-electron chi connectivity index (χ0n) is 4.42. The van der Waals surface area contributed by atoms with Gasteiger partial charge in [-0.3, -0.25) is 4.99 Å². The van der Waals surface area contributed by atoms with Gasteiger partial charge in [0.1, 0.15) is 4.99 Å². The molecular weight excluding hydrogens is 140 g/mol. The Kier molecular flexibility index (Phi) is 1.44. The van der Waals surface area contributed by atoms with Gasteiger partial charge in [-0.25, -0.2) is 0 Å². The molecule has 0 aromatic heterocycles. The molecular formula is C4H5N2S2-. The van der Waals surface area contributed by atoms with Crippen LogP contribution in [0.15, 0.2) is 4.99 Å². The van der Waals surface area contributed by atoms with Crippen LogP contribution in [0.5, 0.6) is 0 Å². The van der Waals surface area contributed by atoms with E-state index in [2.05, 4.69) is 4.99 Å². The summed E-state index contributed by atoms with van der Waals surface area (Å²) in [4.78, 5) is 6.47. The number of rotatable bonds is 0. The molecule has 0 aromatic rings. The van der Waals surface area contributed by atoms with E-state index in [-0.39, 0.29) is 0 Å². The third kappa shape index (κ3) is 0.809. The molecule has 2 nitrogen and oxygen atoms in total. The van der Waals surface area contributed by atoms with E-state index >= 15 is 0 Å². The maximum absolute atomic E-state index is 4.86.